The largest absolute Gasteiger partial charge is 0.416 e. The highest BCUT2D eigenvalue weighted by Crippen LogP contribution is 2.40. The number of ether oxygens (including phenoxy) is 1. The Morgan fingerprint density at radius 3 is 3.00 bits per heavy atom. The van der Waals surface area contributed by atoms with E-state index in [1.54, 1.807) is 0 Å². The Hall–Kier alpha value is -1.08. The molecule has 6 nitrogen and oxygen atoms in total. The van der Waals surface area contributed by atoms with E-state index in [1.807, 2.05) is 6.92 Å². The topological polar surface area (TPSA) is 77.2 Å². The predicted octanol–water partition coefficient (Wildman–Crippen LogP) is 1.72. The molecule has 1 saturated carbocycles. The van der Waals surface area contributed by atoms with Gasteiger partial charge in [0.05, 0.1) is 11.4 Å². The number of nitrogens with one attached hydrogen (secondary N) is 1. The minimum Gasteiger partial charge on any atom is -0.416 e. The number of hydrogen-bond acceptors (Lipinski definition) is 6. The molecule has 110 valence electrons. The van der Waals surface area contributed by atoms with Crippen LogP contribution in [0.3, 0.4) is 0 Å². The Morgan fingerprint density at radius 1 is 1.45 bits per heavy atom. The molecule has 20 heavy (non-hydrogen) atoms. The van der Waals surface area contributed by atoms with E-state index in [0.717, 1.165) is 32.3 Å². The van der Waals surface area contributed by atoms with Crippen LogP contribution in [0, 0.1) is 0 Å². The summed E-state index contributed by atoms with van der Waals surface area (Å²) < 4.78 is 11.0. The first-order valence-corrected chi connectivity index (χ1v) is 7.99. The molecule has 2 heterocycles. The van der Waals surface area contributed by atoms with Crippen molar-refractivity contribution >= 4 is 17.7 Å². The fraction of sp³-hybridized carbons (Fsp3) is 0.769. The average molecular weight is 297 g/mol. The molecule has 1 aliphatic carbocycles. The molecule has 7 heteroatoms. The Balaban J connectivity index is 1.44. The summed E-state index contributed by atoms with van der Waals surface area (Å²) in [6.45, 7) is 3.23. The summed E-state index contributed by atoms with van der Waals surface area (Å²) in [5.41, 5.74) is 0. The van der Waals surface area contributed by atoms with Crippen molar-refractivity contribution < 1.29 is 13.9 Å². The van der Waals surface area contributed by atoms with Gasteiger partial charge in [-0.3, -0.25) is 4.79 Å². The second-order valence-electron chi connectivity index (χ2n) is 5.32. The Kier molecular flexibility index (Phi) is 4.26. The first kappa shape index (κ1) is 13.9. The molecule has 1 saturated heterocycles. The lowest BCUT2D eigenvalue weighted by atomic mass is 10.2. The maximum atomic E-state index is 12.0. The molecule has 3 rings (SSSR count). The summed E-state index contributed by atoms with van der Waals surface area (Å²) in [6.07, 6.45) is 4.53. The van der Waals surface area contributed by atoms with Crippen LogP contribution in [0.4, 0.5) is 0 Å². The number of carbonyl (C=O) groups excluding carboxylic acids is 1. The zero-order chi connectivity index (χ0) is 13.9. The molecule has 1 aromatic rings. The molecule has 2 atom stereocenters. The highest BCUT2D eigenvalue weighted by Gasteiger charge is 2.30. The molecule has 0 bridgehead atoms. The van der Waals surface area contributed by atoms with Gasteiger partial charge in [0.2, 0.25) is 11.8 Å². The van der Waals surface area contributed by atoms with Crippen molar-refractivity contribution in [3.05, 3.63) is 5.89 Å². The van der Waals surface area contributed by atoms with Gasteiger partial charge in [0, 0.05) is 19.1 Å². The predicted molar refractivity (Wildman–Crippen MR) is 73.6 cm³/mol. The molecule has 2 aliphatic rings. The zero-order valence-corrected chi connectivity index (χ0v) is 12.3. The normalized spacial score (nSPS) is 23.8. The molecular formula is C13H19N3O3S. The lowest BCUT2D eigenvalue weighted by Gasteiger charge is -2.13. The van der Waals surface area contributed by atoms with E-state index < -0.39 is 0 Å². The van der Waals surface area contributed by atoms with E-state index in [2.05, 4.69) is 15.5 Å². The summed E-state index contributed by atoms with van der Waals surface area (Å²) in [7, 11) is 0. The van der Waals surface area contributed by atoms with Crippen LogP contribution in [0.15, 0.2) is 9.64 Å². The first-order valence-electron chi connectivity index (χ1n) is 7.12. The van der Waals surface area contributed by atoms with Crippen LogP contribution >= 0.6 is 11.8 Å². The molecular weight excluding hydrogens is 278 g/mol. The van der Waals surface area contributed by atoms with Crippen molar-refractivity contribution in [3.63, 3.8) is 0 Å². The number of rotatable bonds is 6. The highest BCUT2D eigenvalue weighted by molar-refractivity contribution is 8.00. The molecule has 2 fully saturated rings. The summed E-state index contributed by atoms with van der Waals surface area (Å²) in [4.78, 5) is 12.0. The zero-order valence-electron chi connectivity index (χ0n) is 11.5. The lowest BCUT2D eigenvalue weighted by Crippen LogP contribution is -2.36. The van der Waals surface area contributed by atoms with E-state index >= 15 is 0 Å². The molecule has 0 spiro atoms. The third-order valence-electron chi connectivity index (χ3n) is 3.52. The summed E-state index contributed by atoms with van der Waals surface area (Å²) >= 11 is 1.31. The van der Waals surface area contributed by atoms with Crippen molar-refractivity contribution in [2.75, 3.05) is 13.2 Å². The molecule has 1 amide bonds. The maximum Gasteiger partial charge on any atom is 0.277 e. The molecule has 1 N–H and O–H groups in total. The van der Waals surface area contributed by atoms with Crippen LogP contribution in [0.1, 0.15) is 44.4 Å². The van der Waals surface area contributed by atoms with Gasteiger partial charge in [0.1, 0.15) is 0 Å². The van der Waals surface area contributed by atoms with Crippen LogP contribution in [0.25, 0.3) is 0 Å². The number of aromatic nitrogens is 2. The smallest absolute Gasteiger partial charge is 0.277 e. The molecule has 1 aliphatic heterocycles. The van der Waals surface area contributed by atoms with E-state index in [1.165, 1.54) is 11.8 Å². The fourth-order valence-corrected chi connectivity index (χ4v) is 2.85. The van der Waals surface area contributed by atoms with Gasteiger partial charge >= 0.3 is 0 Å². The van der Waals surface area contributed by atoms with Crippen LogP contribution < -0.4 is 5.32 Å². The Morgan fingerprint density at radius 2 is 2.30 bits per heavy atom. The van der Waals surface area contributed by atoms with E-state index in [0.29, 0.717) is 23.6 Å². The number of hydrogen-bond donors (Lipinski definition) is 1. The van der Waals surface area contributed by atoms with Gasteiger partial charge in [0.25, 0.3) is 5.22 Å². The lowest BCUT2D eigenvalue weighted by molar-refractivity contribution is -0.120. The highest BCUT2D eigenvalue weighted by atomic mass is 32.2. The van der Waals surface area contributed by atoms with E-state index in [-0.39, 0.29) is 17.3 Å². The first-order chi connectivity index (χ1) is 9.72. The van der Waals surface area contributed by atoms with Gasteiger partial charge in [0.15, 0.2) is 0 Å². The van der Waals surface area contributed by atoms with Crippen molar-refractivity contribution in [2.45, 2.75) is 55.1 Å². The molecule has 0 aromatic carbocycles. The van der Waals surface area contributed by atoms with E-state index in [9.17, 15) is 4.79 Å². The second kappa shape index (κ2) is 6.13. The van der Waals surface area contributed by atoms with Crippen LogP contribution in [0.2, 0.25) is 0 Å². The summed E-state index contributed by atoms with van der Waals surface area (Å²) in [6, 6.07) is 0. The minimum absolute atomic E-state index is 0.0170. The van der Waals surface area contributed by atoms with Gasteiger partial charge in [-0.25, -0.2) is 0 Å². The van der Waals surface area contributed by atoms with Crippen molar-refractivity contribution in [2.24, 2.45) is 0 Å². The third kappa shape index (κ3) is 3.52. The molecule has 0 radical (unpaired) electrons. The number of thioether (sulfide) groups is 1. The van der Waals surface area contributed by atoms with Crippen molar-refractivity contribution in [1.82, 2.24) is 15.5 Å². The van der Waals surface area contributed by atoms with Crippen molar-refractivity contribution in [1.29, 1.82) is 0 Å². The van der Waals surface area contributed by atoms with Gasteiger partial charge in [-0.15, -0.1) is 10.2 Å². The summed E-state index contributed by atoms with van der Waals surface area (Å²) in [5.74, 6) is 1.14. The van der Waals surface area contributed by atoms with Crippen molar-refractivity contribution in [3.8, 4) is 0 Å². The molecule has 0 unspecified atom stereocenters. The number of amides is 1. The molecule has 1 aromatic heterocycles. The Bertz CT molecular complexity index is 469. The standard InChI is InChI=1S/C13H19N3O3S/c1-8(11(17)14-7-10-3-2-6-18-10)20-13-16-15-12(19-13)9-4-5-9/h8-10H,2-7H2,1H3,(H,14,17)/t8-,10-/m0/s1. The monoisotopic (exact) mass is 297 g/mol. The Labute approximate surface area is 122 Å². The quantitative estimate of drug-likeness (QED) is 0.806. The maximum absolute atomic E-state index is 12.0. The minimum atomic E-state index is -0.246. The average Bonchev–Trinajstić information content (AvgIpc) is 2.98. The summed E-state index contributed by atoms with van der Waals surface area (Å²) in [5, 5.41) is 11.1. The SMILES string of the molecule is C[C@H](Sc1nnc(C2CC2)o1)C(=O)NC[C@@H]1CCCO1. The van der Waals surface area contributed by atoms with Gasteiger partial charge in [-0.1, -0.05) is 11.8 Å². The van der Waals surface area contributed by atoms with Crippen LogP contribution in [0.5, 0.6) is 0 Å². The van der Waals surface area contributed by atoms with Gasteiger partial charge < -0.3 is 14.5 Å². The van der Waals surface area contributed by atoms with E-state index in [4.69, 9.17) is 9.15 Å². The van der Waals surface area contributed by atoms with Gasteiger partial charge in [-0.2, -0.15) is 0 Å². The number of carbonyl (C=O) groups is 1. The second-order valence-corrected chi connectivity index (χ2v) is 6.61. The van der Waals surface area contributed by atoms with Crippen LogP contribution in [-0.2, 0) is 9.53 Å². The van der Waals surface area contributed by atoms with Crippen LogP contribution in [-0.4, -0.2) is 40.6 Å². The number of nitrogens with zero attached hydrogens (tertiary/aromatic N) is 2. The van der Waals surface area contributed by atoms with Gasteiger partial charge in [-0.05, 0) is 32.6 Å². The third-order valence-corrected chi connectivity index (χ3v) is 4.46. The fourth-order valence-electron chi connectivity index (χ4n) is 2.13.